The number of rotatable bonds is 6. The van der Waals surface area contributed by atoms with Gasteiger partial charge in [0.25, 0.3) is 0 Å². The van der Waals surface area contributed by atoms with Crippen LogP contribution in [0, 0.1) is 5.41 Å². The van der Waals surface area contributed by atoms with Crippen molar-refractivity contribution in [3.05, 3.63) is 11.1 Å². The Hall–Kier alpha value is -0.500. The van der Waals surface area contributed by atoms with Gasteiger partial charge in [0, 0.05) is 11.1 Å². The van der Waals surface area contributed by atoms with Gasteiger partial charge in [-0.15, -0.1) is 23.7 Å². The zero-order valence-electron chi connectivity index (χ0n) is 8.73. The summed E-state index contributed by atoms with van der Waals surface area (Å²) in [6.45, 7) is 0.737. The zero-order valence-corrected chi connectivity index (χ0v) is 11.2. The van der Waals surface area contributed by atoms with Gasteiger partial charge in [0.1, 0.15) is 0 Å². The summed E-state index contributed by atoms with van der Waals surface area (Å²) in [6.07, 6.45) is 1.04. The maximum absolute atomic E-state index is 7.05. The van der Waals surface area contributed by atoms with Crippen LogP contribution in [0.3, 0.4) is 0 Å². The number of thioether (sulfide) groups is 1. The SMILES string of the molecule is Cl.N=C(N)Nc1nc(CSCCCN)cs1. The average molecular weight is 282 g/mol. The second-order valence-corrected chi connectivity index (χ2v) is 4.84. The number of nitrogens with two attached hydrogens (primary N) is 2. The molecule has 1 rings (SSSR count). The van der Waals surface area contributed by atoms with Crippen molar-refractivity contribution in [3.8, 4) is 0 Å². The fourth-order valence-corrected chi connectivity index (χ4v) is 2.61. The van der Waals surface area contributed by atoms with E-state index in [1.807, 2.05) is 17.1 Å². The third kappa shape index (κ3) is 6.16. The first-order valence-corrected chi connectivity index (χ1v) is 6.59. The molecule has 0 aliphatic heterocycles. The minimum atomic E-state index is -0.0771. The van der Waals surface area contributed by atoms with Gasteiger partial charge in [-0.05, 0) is 18.7 Å². The molecule has 0 amide bonds. The molecule has 0 bridgehead atoms. The molecule has 92 valence electrons. The molecule has 0 saturated heterocycles. The van der Waals surface area contributed by atoms with Gasteiger partial charge in [-0.1, -0.05) is 0 Å². The van der Waals surface area contributed by atoms with E-state index in [1.54, 1.807) is 0 Å². The van der Waals surface area contributed by atoms with Gasteiger partial charge in [-0.25, -0.2) is 4.98 Å². The van der Waals surface area contributed by atoms with Gasteiger partial charge < -0.3 is 16.8 Å². The molecule has 0 spiro atoms. The molecule has 0 fully saturated rings. The molecule has 1 aromatic rings. The Morgan fingerprint density at radius 1 is 1.62 bits per heavy atom. The monoisotopic (exact) mass is 281 g/mol. The molecule has 0 atom stereocenters. The minimum absolute atomic E-state index is 0. The minimum Gasteiger partial charge on any atom is -0.370 e. The molecule has 16 heavy (non-hydrogen) atoms. The van der Waals surface area contributed by atoms with Crippen LogP contribution < -0.4 is 16.8 Å². The van der Waals surface area contributed by atoms with E-state index in [2.05, 4.69) is 10.3 Å². The largest absolute Gasteiger partial charge is 0.370 e. The molecule has 0 unspecified atom stereocenters. The van der Waals surface area contributed by atoms with Crippen LogP contribution in [0.25, 0.3) is 0 Å². The Morgan fingerprint density at radius 3 is 3.00 bits per heavy atom. The zero-order chi connectivity index (χ0) is 11.1. The summed E-state index contributed by atoms with van der Waals surface area (Å²) in [6, 6.07) is 0. The molecule has 0 aliphatic rings. The number of nitrogens with one attached hydrogen (secondary N) is 2. The van der Waals surface area contributed by atoms with Crippen LogP contribution in [0.4, 0.5) is 5.13 Å². The fraction of sp³-hybridized carbons (Fsp3) is 0.500. The Bertz CT molecular complexity index is 317. The molecule has 1 heterocycles. The number of guanidine groups is 1. The highest BCUT2D eigenvalue weighted by Crippen LogP contribution is 2.19. The van der Waals surface area contributed by atoms with Crippen LogP contribution in [0.1, 0.15) is 12.1 Å². The van der Waals surface area contributed by atoms with Crippen molar-refractivity contribution in [1.29, 1.82) is 5.41 Å². The maximum Gasteiger partial charge on any atom is 0.192 e. The van der Waals surface area contributed by atoms with Crippen LogP contribution in [-0.2, 0) is 5.75 Å². The number of halogens is 1. The molecular formula is C8H16ClN5S2. The first-order valence-electron chi connectivity index (χ1n) is 4.55. The molecule has 5 nitrogen and oxygen atoms in total. The normalized spacial score (nSPS) is 9.56. The van der Waals surface area contributed by atoms with E-state index in [1.165, 1.54) is 11.3 Å². The van der Waals surface area contributed by atoms with E-state index >= 15 is 0 Å². The van der Waals surface area contributed by atoms with Crippen LogP contribution in [0.15, 0.2) is 5.38 Å². The first-order chi connectivity index (χ1) is 7.22. The maximum atomic E-state index is 7.05. The predicted molar refractivity (Wildman–Crippen MR) is 74.7 cm³/mol. The van der Waals surface area contributed by atoms with Gasteiger partial charge in [0.05, 0.1) is 5.69 Å². The van der Waals surface area contributed by atoms with Crippen molar-refractivity contribution in [2.75, 3.05) is 17.6 Å². The van der Waals surface area contributed by atoms with Crippen molar-refractivity contribution in [1.82, 2.24) is 4.98 Å². The van der Waals surface area contributed by atoms with Crippen molar-refractivity contribution in [2.24, 2.45) is 11.5 Å². The van der Waals surface area contributed by atoms with E-state index in [0.29, 0.717) is 5.13 Å². The van der Waals surface area contributed by atoms with Gasteiger partial charge in [-0.2, -0.15) is 11.8 Å². The Kier molecular flexibility index (Phi) is 8.36. The second-order valence-electron chi connectivity index (χ2n) is 2.88. The average Bonchev–Trinajstić information content (AvgIpc) is 2.59. The van der Waals surface area contributed by atoms with E-state index in [0.717, 1.165) is 30.2 Å². The van der Waals surface area contributed by atoms with Crippen molar-refractivity contribution in [2.45, 2.75) is 12.2 Å². The highest BCUT2D eigenvalue weighted by Gasteiger charge is 2.02. The van der Waals surface area contributed by atoms with Crippen LogP contribution in [0.5, 0.6) is 0 Å². The van der Waals surface area contributed by atoms with E-state index in [4.69, 9.17) is 16.9 Å². The Balaban J connectivity index is 0.00000225. The Morgan fingerprint density at radius 2 is 2.38 bits per heavy atom. The third-order valence-corrected chi connectivity index (χ3v) is 3.42. The second kappa shape index (κ2) is 8.63. The topological polar surface area (TPSA) is 101 Å². The van der Waals surface area contributed by atoms with E-state index in [-0.39, 0.29) is 18.4 Å². The molecule has 6 N–H and O–H groups in total. The summed E-state index contributed by atoms with van der Waals surface area (Å²) in [5.74, 6) is 1.87. The standard InChI is InChI=1S/C8H15N5S2.ClH/c9-2-1-3-14-4-6-5-15-8(12-6)13-7(10)11;/h5H,1-4,9H2,(H4,10,11,12,13);1H. The summed E-state index contributed by atoms with van der Waals surface area (Å²) in [4.78, 5) is 4.28. The van der Waals surface area contributed by atoms with Crippen LogP contribution in [-0.4, -0.2) is 23.2 Å². The fourth-order valence-electron chi connectivity index (χ4n) is 0.908. The van der Waals surface area contributed by atoms with Crippen molar-refractivity contribution >= 4 is 46.6 Å². The van der Waals surface area contributed by atoms with Gasteiger partial charge >= 0.3 is 0 Å². The van der Waals surface area contributed by atoms with Crippen molar-refractivity contribution in [3.63, 3.8) is 0 Å². The summed E-state index contributed by atoms with van der Waals surface area (Å²) in [7, 11) is 0. The molecule has 8 heteroatoms. The Labute approximate surface area is 109 Å². The van der Waals surface area contributed by atoms with E-state index < -0.39 is 0 Å². The quantitative estimate of drug-likeness (QED) is 0.359. The summed E-state index contributed by atoms with van der Waals surface area (Å²) < 4.78 is 0. The number of thiazole rings is 1. The summed E-state index contributed by atoms with van der Waals surface area (Å²) >= 11 is 3.28. The van der Waals surface area contributed by atoms with Gasteiger partial charge in [0.15, 0.2) is 11.1 Å². The van der Waals surface area contributed by atoms with Crippen LogP contribution in [0.2, 0.25) is 0 Å². The highest BCUT2D eigenvalue weighted by atomic mass is 35.5. The molecule has 1 aromatic heterocycles. The smallest absolute Gasteiger partial charge is 0.192 e. The third-order valence-electron chi connectivity index (χ3n) is 1.54. The lowest BCUT2D eigenvalue weighted by atomic mass is 10.5. The lowest BCUT2D eigenvalue weighted by Gasteiger charge is -1.97. The number of nitrogens with zero attached hydrogens (tertiary/aromatic N) is 1. The molecular weight excluding hydrogens is 266 g/mol. The molecule has 0 aromatic carbocycles. The summed E-state index contributed by atoms with van der Waals surface area (Å²) in [5.41, 5.74) is 11.6. The van der Waals surface area contributed by atoms with Gasteiger partial charge in [-0.3, -0.25) is 5.41 Å². The van der Waals surface area contributed by atoms with E-state index in [9.17, 15) is 0 Å². The number of anilines is 1. The van der Waals surface area contributed by atoms with Crippen molar-refractivity contribution < 1.29 is 0 Å². The van der Waals surface area contributed by atoms with Gasteiger partial charge in [0.2, 0.25) is 0 Å². The lowest BCUT2D eigenvalue weighted by Crippen LogP contribution is -2.20. The van der Waals surface area contributed by atoms with Crippen LogP contribution >= 0.6 is 35.5 Å². The lowest BCUT2D eigenvalue weighted by molar-refractivity contribution is 0.942. The predicted octanol–water partition coefficient (Wildman–Crippen LogP) is 1.45. The summed E-state index contributed by atoms with van der Waals surface area (Å²) in [5, 5.41) is 12.4. The number of aromatic nitrogens is 1. The molecule has 0 aliphatic carbocycles. The number of hydrogen-bond donors (Lipinski definition) is 4. The number of hydrogen-bond acceptors (Lipinski definition) is 5. The first kappa shape index (κ1) is 15.5. The highest BCUT2D eigenvalue weighted by molar-refractivity contribution is 7.98. The molecule has 0 saturated carbocycles. The molecule has 0 radical (unpaired) electrons.